The third kappa shape index (κ3) is 1.73. The lowest BCUT2D eigenvalue weighted by Crippen LogP contribution is -1.97. The van der Waals surface area contributed by atoms with Gasteiger partial charge in [-0.1, -0.05) is 42.5 Å². The van der Waals surface area contributed by atoms with Gasteiger partial charge in [0.1, 0.15) is 11.3 Å². The van der Waals surface area contributed by atoms with Crippen LogP contribution in [-0.4, -0.2) is 0 Å². The molecule has 2 aromatic carbocycles. The molecule has 0 unspecified atom stereocenters. The number of fused-ring (bicyclic) bond motifs is 1. The maximum Gasteiger partial charge on any atom is 0.135 e. The average Bonchev–Trinajstić information content (AvgIpc) is 2.82. The number of furan rings is 1. The van der Waals surface area contributed by atoms with E-state index < -0.39 is 0 Å². The molecule has 1 heterocycles. The molecule has 1 aromatic heterocycles. The van der Waals surface area contributed by atoms with Gasteiger partial charge in [0.15, 0.2) is 0 Å². The van der Waals surface area contributed by atoms with Gasteiger partial charge in [-0.25, -0.2) is 0 Å². The Morgan fingerprint density at radius 1 is 0.941 bits per heavy atom. The molecule has 3 rings (SSSR count). The van der Waals surface area contributed by atoms with Crippen molar-refractivity contribution in [3.63, 3.8) is 0 Å². The Bertz CT molecular complexity index is 622. The highest BCUT2D eigenvalue weighted by atomic mass is 16.3. The van der Waals surface area contributed by atoms with Crippen molar-refractivity contribution in [2.75, 3.05) is 0 Å². The summed E-state index contributed by atoms with van der Waals surface area (Å²) in [6.45, 7) is 0.521. The van der Waals surface area contributed by atoms with E-state index in [1.54, 1.807) is 0 Å². The summed E-state index contributed by atoms with van der Waals surface area (Å²) < 4.78 is 5.84. The van der Waals surface area contributed by atoms with Gasteiger partial charge in [-0.3, -0.25) is 0 Å². The highest BCUT2D eigenvalue weighted by Gasteiger charge is 2.08. The van der Waals surface area contributed by atoms with Crippen molar-refractivity contribution in [3.8, 4) is 11.3 Å². The minimum absolute atomic E-state index is 0.521. The second-order valence-electron chi connectivity index (χ2n) is 4.01. The molecular formula is C15H13NO. The molecular weight excluding hydrogens is 210 g/mol. The third-order valence-electron chi connectivity index (χ3n) is 2.93. The van der Waals surface area contributed by atoms with Crippen LogP contribution in [0.1, 0.15) is 5.56 Å². The van der Waals surface area contributed by atoms with Gasteiger partial charge >= 0.3 is 0 Å². The maximum atomic E-state index is 5.84. The summed E-state index contributed by atoms with van der Waals surface area (Å²) in [5.74, 6) is 0.882. The average molecular weight is 223 g/mol. The first kappa shape index (κ1) is 10.1. The Morgan fingerprint density at radius 2 is 1.71 bits per heavy atom. The number of benzene rings is 2. The molecule has 0 bridgehead atoms. The predicted molar refractivity (Wildman–Crippen MR) is 69.5 cm³/mol. The van der Waals surface area contributed by atoms with Gasteiger partial charge in [0.05, 0.1) is 0 Å². The lowest BCUT2D eigenvalue weighted by Gasteiger charge is -2.03. The largest absolute Gasteiger partial charge is 0.456 e. The van der Waals surface area contributed by atoms with Gasteiger partial charge in [0.2, 0.25) is 0 Å². The molecule has 0 atom stereocenters. The predicted octanol–water partition coefficient (Wildman–Crippen LogP) is 3.56. The zero-order valence-corrected chi connectivity index (χ0v) is 9.39. The van der Waals surface area contributed by atoms with Crippen molar-refractivity contribution >= 4 is 11.0 Å². The molecule has 0 saturated carbocycles. The lowest BCUT2D eigenvalue weighted by atomic mass is 10.1. The molecule has 0 amide bonds. The maximum absolute atomic E-state index is 5.84. The van der Waals surface area contributed by atoms with Crippen LogP contribution in [0.25, 0.3) is 22.3 Å². The zero-order valence-electron chi connectivity index (χ0n) is 9.39. The quantitative estimate of drug-likeness (QED) is 0.721. The van der Waals surface area contributed by atoms with Gasteiger partial charge in [0.25, 0.3) is 0 Å². The summed E-state index contributed by atoms with van der Waals surface area (Å²) in [6.07, 6.45) is 0. The topological polar surface area (TPSA) is 39.2 Å². The van der Waals surface area contributed by atoms with Crippen LogP contribution in [0.4, 0.5) is 0 Å². The summed E-state index contributed by atoms with van der Waals surface area (Å²) >= 11 is 0. The molecule has 2 heteroatoms. The van der Waals surface area contributed by atoms with Crippen LogP contribution in [0.3, 0.4) is 0 Å². The first-order valence-corrected chi connectivity index (χ1v) is 5.65. The van der Waals surface area contributed by atoms with E-state index in [0.717, 1.165) is 27.9 Å². The van der Waals surface area contributed by atoms with Crippen LogP contribution in [0, 0.1) is 0 Å². The Kier molecular flexibility index (Phi) is 2.42. The van der Waals surface area contributed by atoms with Crippen LogP contribution in [0.15, 0.2) is 59.0 Å². The number of rotatable bonds is 2. The van der Waals surface area contributed by atoms with Crippen LogP contribution >= 0.6 is 0 Å². The summed E-state index contributed by atoms with van der Waals surface area (Å²) in [5.41, 5.74) is 8.83. The normalized spacial score (nSPS) is 10.9. The second kappa shape index (κ2) is 4.07. The first-order chi connectivity index (χ1) is 8.38. The van der Waals surface area contributed by atoms with E-state index in [0.29, 0.717) is 6.54 Å². The fraction of sp³-hybridized carbons (Fsp3) is 0.0667. The van der Waals surface area contributed by atoms with E-state index in [1.165, 1.54) is 0 Å². The number of nitrogens with two attached hydrogens (primary N) is 1. The first-order valence-electron chi connectivity index (χ1n) is 5.65. The van der Waals surface area contributed by atoms with Crippen LogP contribution in [0.2, 0.25) is 0 Å². The molecule has 3 aromatic rings. The summed E-state index contributed by atoms with van der Waals surface area (Å²) in [5, 5.41) is 1.12. The van der Waals surface area contributed by atoms with Gasteiger partial charge in [-0.15, -0.1) is 0 Å². The standard InChI is InChI=1S/C15H13NO/c16-10-12-6-1-3-7-13(12)15-9-11-5-2-4-8-14(11)17-15/h1-9H,10,16H2. The minimum atomic E-state index is 0.521. The van der Waals surface area contributed by atoms with Gasteiger partial charge < -0.3 is 10.2 Å². The van der Waals surface area contributed by atoms with Crippen molar-refractivity contribution in [2.24, 2.45) is 5.73 Å². The molecule has 0 fully saturated rings. The van der Waals surface area contributed by atoms with Crippen LogP contribution in [0.5, 0.6) is 0 Å². The summed E-state index contributed by atoms with van der Waals surface area (Å²) in [7, 11) is 0. The number of hydrogen-bond donors (Lipinski definition) is 1. The van der Waals surface area contributed by atoms with Crippen molar-refractivity contribution in [1.29, 1.82) is 0 Å². The van der Waals surface area contributed by atoms with Gasteiger partial charge in [-0.2, -0.15) is 0 Å². The number of hydrogen-bond acceptors (Lipinski definition) is 2. The fourth-order valence-electron chi connectivity index (χ4n) is 2.05. The Labute approximate surface area is 99.7 Å². The summed E-state index contributed by atoms with van der Waals surface area (Å²) in [4.78, 5) is 0. The van der Waals surface area contributed by atoms with E-state index in [2.05, 4.69) is 6.07 Å². The van der Waals surface area contributed by atoms with Gasteiger partial charge in [-0.05, 0) is 17.7 Å². The molecule has 2 N–H and O–H groups in total. The third-order valence-corrected chi connectivity index (χ3v) is 2.93. The van der Waals surface area contributed by atoms with Crippen LogP contribution < -0.4 is 5.73 Å². The lowest BCUT2D eigenvalue weighted by molar-refractivity contribution is 0.630. The van der Waals surface area contributed by atoms with E-state index in [1.807, 2.05) is 48.5 Å². The van der Waals surface area contributed by atoms with E-state index in [4.69, 9.17) is 10.2 Å². The minimum Gasteiger partial charge on any atom is -0.456 e. The molecule has 84 valence electrons. The molecule has 0 spiro atoms. The number of para-hydroxylation sites is 1. The smallest absolute Gasteiger partial charge is 0.135 e. The van der Waals surface area contributed by atoms with Crippen molar-refractivity contribution in [2.45, 2.75) is 6.54 Å². The molecule has 0 aliphatic heterocycles. The Morgan fingerprint density at radius 3 is 2.53 bits per heavy atom. The highest BCUT2D eigenvalue weighted by molar-refractivity contribution is 5.83. The fourth-order valence-corrected chi connectivity index (χ4v) is 2.05. The van der Waals surface area contributed by atoms with E-state index >= 15 is 0 Å². The summed E-state index contributed by atoms with van der Waals surface area (Å²) in [6, 6.07) is 18.1. The zero-order chi connectivity index (χ0) is 11.7. The SMILES string of the molecule is NCc1ccccc1-c1cc2ccccc2o1. The molecule has 0 radical (unpaired) electrons. The van der Waals surface area contributed by atoms with Crippen molar-refractivity contribution < 1.29 is 4.42 Å². The molecule has 0 saturated heterocycles. The highest BCUT2D eigenvalue weighted by Crippen LogP contribution is 2.29. The van der Waals surface area contributed by atoms with Gasteiger partial charge in [0, 0.05) is 17.5 Å². The Balaban J connectivity index is 2.20. The van der Waals surface area contributed by atoms with Crippen molar-refractivity contribution in [1.82, 2.24) is 0 Å². The molecule has 2 nitrogen and oxygen atoms in total. The molecule has 0 aliphatic rings. The van der Waals surface area contributed by atoms with E-state index in [-0.39, 0.29) is 0 Å². The molecule has 17 heavy (non-hydrogen) atoms. The van der Waals surface area contributed by atoms with Crippen molar-refractivity contribution in [3.05, 3.63) is 60.2 Å². The molecule has 0 aliphatic carbocycles. The monoisotopic (exact) mass is 223 g/mol. The van der Waals surface area contributed by atoms with Crippen LogP contribution in [-0.2, 0) is 6.54 Å². The second-order valence-corrected chi connectivity index (χ2v) is 4.01. The Hall–Kier alpha value is -2.06. The van der Waals surface area contributed by atoms with E-state index in [9.17, 15) is 0 Å².